The fraction of sp³-hybridized carbons (Fsp3) is 0.125. The Kier molecular flexibility index (Phi) is 4.22. The van der Waals surface area contributed by atoms with E-state index in [1.54, 1.807) is 24.3 Å². The smallest absolute Gasteiger partial charge is 0.468 e. The Morgan fingerprint density at radius 2 is 1.80 bits per heavy atom. The quantitative estimate of drug-likeness (QED) is 0.833. The molecule has 9 heteroatoms. The minimum absolute atomic E-state index is 0.190. The van der Waals surface area contributed by atoms with Crippen LogP contribution in [0.4, 0.5) is 24.5 Å². The van der Waals surface area contributed by atoms with Crippen LogP contribution in [0, 0.1) is 0 Å². The van der Waals surface area contributed by atoms with Gasteiger partial charge in [-0.2, -0.15) is 0 Å². The maximum atomic E-state index is 12.2. The molecule has 0 radical (unpaired) electrons. The minimum Gasteiger partial charge on any atom is -0.468 e. The van der Waals surface area contributed by atoms with Gasteiger partial charge >= 0.3 is 6.36 Å². The van der Waals surface area contributed by atoms with Crippen molar-refractivity contribution in [2.24, 2.45) is 0 Å². The van der Waals surface area contributed by atoms with Crippen molar-refractivity contribution in [3.63, 3.8) is 0 Å². The van der Waals surface area contributed by atoms with E-state index in [9.17, 15) is 22.8 Å². The van der Waals surface area contributed by atoms with Gasteiger partial charge in [-0.15, -0.1) is 13.2 Å². The first-order chi connectivity index (χ1) is 11.8. The second-order valence-electron chi connectivity index (χ2n) is 5.04. The normalized spacial score (nSPS) is 16.3. The number of hydrogen-bond donors (Lipinski definition) is 2. The van der Waals surface area contributed by atoms with Crippen LogP contribution >= 0.6 is 0 Å². The Labute approximate surface area is 139 Å². The van der Waals surface area contributed by atoms with E-state index in [0.29, 0.717) is 11.4 Å². The van der Waals surface area contributed by atoms with Crippen molar-refractivity contribution < 1.29 is 32.2 Å². The van der Waals surface area contributed by atoms with Gasteiger partial charge in [0.25, 0.3) is 17.9 Å². The number of nitrogens with one attached hydrogen (secondary N) is 2. The van der Waals surface area contributed by atoms with Crippen LogP contribution in [-0.4, -0.2) is 24.3 Å². The average Bonchev–Trinajstić information content (AvgIpc) is 2.54. The molecular weight excluding hydrogens is 341 g/mol. The van der Waals surface area contributed by atoms with E-state index in [-0.39, 0.29) is 5.69 Å². The molecule has 25 heavy (non-hydrogen) atoms. The van der Waals surface area contributed by atoms with Crippen LogP contribution in [0.5, 0.6) is 11.5 Å². The van der Waals surface area contributed by atoms with Gasteiger partial charge in [-0.05, 0) is 36.4 Å². The Morgan fingerprint density at radius 3 is 2.48 bits per heavy atom. The summed E-state index contributed by atoms with van der Waals surface area (Å²) in [6.45, 7) is 0. The van der Waals surface area contributed by atoms with E-state index in [1.807, 2.05) is 0 Å². The molecule has 1 unspecified atom stereocenters. The highest BCUT2D eigenvalue weighted by atomic mass is 19.4. The Balaban J connectivity index is 1.67. The Bertz CT molecular complexity index is 806. The lowest BCUT2D eigenvalue weighted by atomic mass is 10.2. The van der Waals surface area contributed by atoms with Crippen LogP contribution in [-0.2, 0) is 9.59 Å². The molecule has 0 saturated heterocycles. The molecule has 6 nitrogen and oxygen atoms in total. The van der Waals surface area contributed by atoms with Gasteiger partial charge in [-0.3, -0.25) is 9.59 Å². The second kappa shape index (κ2) is 6.34. The number of ether oxygens (including phenoxy) is 2. The third kappa shape index (κ3) is 4.00. The van der Waals surface area contributed by atoms with E-state index >= 15 is 0 Å². The van der Waals surface area contributed by atoms with Gasteiger partial charge in [0.15, 0.2) is 0 Å². The third-order valence-corrected chi connectivity index (χ3v) is 3.22. The number of fused-ring (bicyclic) bond motifs is 1. The molecule has 0 spiro atoms. The zero-order valence-corrected chi connectivity index (χ0v) is 12.5. The van der Waals surface area contributed by atoms with Crippen molar-refractivity contribution in [2.75, 3.05) is 10.6 Å². The number of carbonyl (C=O) groups excluding carboxylic acids is 2. The first-order valence-electron chi connectivity index (χ1n) is 7.05. The molecule has 130 valence electrons. The number of amides is 2. The van der Waals surface area contributed by atoms with Crippen LogP contribution in [0.2, 0.25) is 0 Å². The van der Waals surface area contributed by atoms with Crippen molar-refractivity contribution in [3.8, 4) is 11.5 Å². The van der Waals surface area contributed by atoms with Crippen LogP contribution in [0.1, 0.15) is 0 Å². The SMILES string of the molecule is O=C(Nc1ccc(OC(F)(F)F)cc1)C1Oc2ccccc2NC1=O. The fourth-order valence-electron chi connectivity index (χ4n) is 2.17. The molecule has 0 fully saturated rings. The van der Waals surface area contributed by atoms with E-state index in [4.69, 9.17) is 4.74 Å². The van der Waals surface area contributed by atoms with Gasteiger partial charge in [-0.25, -0.2) is 0 Å². The second-order valence-corrected chi connectivity index (χ2v) is 5.04. The van der Waals surface area contributed by atoms with Crippen molar-refractivity contribution in [1.82, 2.24) is 0 Å². The lowest BCUT2D eigenvalue weighted by Crippen LogP contribution is -2.45. The van der Waals surface area contributed by atoms with Gasteiger partial charge in [-0.1, -0.05) is 12.1 Å². The molecule has 2 amide bonds. The predicted molar refractivity (Wildman–Crippen MR) is 81.2 cm³/mol. The molecular formula is C16H11F3N2O4. The summed E-state index contributed by atoms with van der Waals surface area (Å²) >= 11 is 0. The van der Waals surface area contributed by atoms with Crippen molar-refractivity contribution in [2.45, 2.75) is 12.5 Å². The summed E-state index contributed by atoms with van der Waals surface area (Å²) in [4.78, 5) is 24.2. The zero-order valence-electron chi connectivity index (χ0n) is 12.5. The van der Waals surface area contributed by atoms with E-state index < -0.39 is 30.0 Å². The van der Waals surface area contributed by atoms with E-state index in [2.05, 4.69) is 15.4 Å². The van der Waals surface area contributed by atoms with Gasteiger partial charge < -0.3 is 20.1 Å². The van der Waals surface area contributed by atoms with Crippen molar-refractivity contribution in [3.05, 3.63) is 48.5 Å². The highest BCUT2D eigenvalue weighted by Gasteiger charge is 2.34. The number of carbonyl (C=O) groups is 2. The highest BCUT2D eigenvalue weighted by Crippen LogP contribution is 2.29. The van der Waals surface area contributed by atoms with Crippen LogP contribution < -0.4 is 20.1 Å². The van der Waals surface area contributed by atoms with Crippen molar-refractivity contribution in [1.29, 1.82) is 0 Å². The largest absolute Gasteiger partial charge is 0.573 e. The molecule has 2 aromatic carbocycles. The van der Waals surface area contributed by atoms with Gasteiger partial charge in [0, 0.05) is 5.69 Å². The fourth-order valence-corrected chi connectivity index (χ4v) is 2.17. The summed E-state index contributed by atoms with van der Waals surface area (Å²) in [6.07, 6.45) is -6.22. The summed E-state index contributed by atoms with van der Waals surface area (Å²) in [5, 5.41) is 4.94. The zero-order chi connectivity index (χ0) is 18.0. The molecule has 1 heterocycles. The van der Waals surface area contributed by atoms with Gasteiger partial charge in [0.1, 0.15) is 11.5 Å². The molecule has 3 rings (SSSR count). The first kappa shape index (κ1) is 16.6. The molecule has 0 bridgehead atoms. The summed E-state index contributed by atoms with van der Waals surface area (Å²) in [5.41, 5.74) is 0.639. The van der Waals surface area contributed by atoms with Gasteiger partial charge in [0.2, 0.25) is 0 Å². The number of halogens is 3. The van der Waals surface area contributed by atoms with E-state index in [0.717, 1.165) is 12.1 Å². The third-order valence-electron chi connectivity index (χ3n) is 3.22. The molecule has 0 saturated carbocycles. The molecule has 0 aromatic heterocycles. The summed E-state index contributed by atoms with van der Waals surface area (Å²) in [5.74, 6) is -1.48. The number of para-hydroxylation sites is 2. The van der Waals surface area contributed by atoms with E-state index in [1.165, 1.54) is 12.1 Å². The van der Waals surface area contributed by atoms with Crippen LogP contribution in [0.3, 0.4) is 0 Å². The van der Waals surface area contributed by atoms with Crippen LogP contribution in [0.15, 0.2) is 48.5 Å². The Morgan fingerprint density at radius 1 is 1.12 bits per heavy atom. The predicted octanol–water partition coefficient (Wildman–Crippen LogP) is 2.92. The summed E-state index contributed by atoms with van der Waals surface area (Å²) in [7, 11) is 0. The number of hydrogen-bond acceptors (Lipinski definition) is 4. The molecule has 1 aliphatic rings. The standard InChI is InChI=1S/C16H11F3N2O4/c17-16(18,19)25-10-7-5-9(6-8-10)20-14(22)13-15(23)21-11-3-1-2-4-12(11)24-13/h1-8,13H,(H,20,22)(H,21,23). The summed E-state index contributed by atoms with van der Waals surface area (Å²) < 4.78 is 45.4. The maximum Gasteiger partial charge on any atom is 0.573 e. The van der Waals surface area contributed by atoms with Gasteiger partial charge in [0.05, 0.1) is 5.69 Å². The monoisotopic (exact) mass is 352 g/mol. The molecule has 0 aliphatic carbocycles. The molecule has 2 N–H and O–H groups in total. The Hall–Kier alpha value is -3.23. The molecule has 1 atom stereocenters. The molecule has 1 aliphatic heterocycles. The number of anilines is 2. The molecule has 2 aromatic rings. The minimum atomic E-state index is -4.80. The summed E-state index contributed by atoms with van der Waals surface area (Å²) in [6, 6.07) is 11.1. The first-order valence-corrected chi connectivity index (χ1v) is 7.05. The maximum absolute atomic E-state index is 12.2. The average molecular weight is 352 g/mol. The topological polar surface area (TPSA) is 76.7 Å². The number of alkyl halides is 3. The highest BCUT2D eigenvalue weighted by molar-refractivity contribution is 6.15. The number of benzene rings is 2. The van der Waals surface area contributed by atoms with Crippen molar-refractivity contribution >= 4 is 23.2 Å². The lowest BCUT2D eigenvalue weighted by Gasteiger charge is -2.24. The van der Waals surface area contributed by atoms with Crippen LogP contribution in [0.25, 0.3) is 0 Å². The lowest BCUT2D eigenvalue weighted by molar-refractivity contribution is -0.274. The number of rotatable bonds is 3.